The van der Waals surface area contributed by atoms with E-state index >= 15 is 0 Å². The van der Waals surface area contributed by atoms with E-state index in [0.29, 0.717) is 6.54 Å². The van der Waals surface area contributed by atoms with Crippen molar-refractivity contribution in [2.75, 3.05) is 18.8 Å². The molecule has 16 heavy (non-hydrogen) atoms. The number of rotatable bonds is 6. The zero-order chi connectivity index (χ0) is 12.0. The lowest BCUT2D eigenvalue weighted by Gasteiger charge is -2.05. The van der Waals surface area contributed by atoms with Crippen LogP contribution in [0.25, 0.3) is 0 Å². The highest BCUT2D eigenvalue weighted by molar-refractivity contribution is 7.91. The molecule has 1 aromatic rings. The Morgan fingerprint density at radius 1 is 1.31 bits per heavy atom. The molecule has 1 N–H and O–H groups in total. The second-order valence-electron chi connectivity index (χ2n) is 3.53. The minimum atomic E-state index is -3.37. The van der Waals surface area contributed by atoms with Crippen molar-refractivity contribution in [1.29, 1.82) is 0 Å². The van der Waals surface area contributed by atoms with Crippen LogP contribution in [0, 0.1) is 5.82 Å². The first kappa shape index (κ1) is 13.1. The first-order chi connectivity index (χ1) is 7.56. The van der Waals surface area contributed by atoms with Crippen LogP contribution in [0.15, 0.2) is 29.2 Å². The third kappa shape index (κ3) is 3.90. The molecule has 0 heterocycles. The first-order valence-corrected chi connectivity index (χ1v) is 6.90. The standard InChI is InChI=1S/C11H16FNO2S/c1-2-6-13-7-8-16(14,15)11-5-3-4-10(12)9-11/h3-5,9,13H,2,6-8H2,1H3. The number of halogens is 1. The largest absolute Gasteiger partial charge is 0.316 e. The molecule has 0 radical (unpaired) electrons. The van der Waals surface area contributed by atoms with Gasteiger partial charge in [-0.05, 0) is 31.2 Å². The van der Waals surface area contributed by atoms with Gasteiger partial charge >= 0.3 is 0 Å². The van der Waals surface area contributed by atoms with Gasteiger partial charge in [0, 0.05) is 6.54 Å². The Morgan fingerprint density at radius 3 is 2.69 bits per heavy atom. The van der Waals surface area contributed by atoms with Crippen molar-refractivity contribution in [2.24, 2.45) is 0 Å². The summed E-state index contributed by atoms with van der Waals surface area (Å²) in [6, 6.07) is 5.10. The van der Waals surface area contributed by atoms with Crippen molar-refractivity contribution < 1.29 is 12.8 Å². The number of benzene rings is 1. The average molecular weight is 245 g/mol. The summed E-state index contributed by atoms with van der Waals surface area (Å²) >= 11 is 0. The van der Waals surface area contributed by atoms with Gasteiger partial charge in [-0.1, -0.05) is 13.0 Å². The van der Waals surface area contributed by atoms with Crippen LogP contribution in [0.4, 0.5) is 4.39 Å². The molecule has 0 aromatic heterocycles. The van der Waals surface area contributed by atoms with Crippen molar-refractivity contribution in [2.45, 2.75) is 18.2 Å². The zero-order valence-corrected chi connectivity index (χ0v) is 10.1. The Kier molecular flexibility index (Phi) is 4.89. The SMILES string of the molecule is CCCNCCS(=O)(=O)c1cccc(F)c1. The molecule has 0 saturated heterocycles. The van der Waals surface area contributed by atoms with Crippen molar-refractivity contribution in [3.05, 3.63) is 30.1 Å². The first-order valence-electron chi connectivity index (χ1n) is 5.25. The summed E-state index contributed by atoms with van der Waals surface area (Å²) in [5.41, 5.74) is 0. The van der Waals surface area contributed by atoms with Gasteiger partial charge in [0.2, 0.25) is 0 Å². The van der Waals surface area contributed by atoms with Crippen molar-refractivity contribution in [3.63, 3.8) is 0 Å². The van der Waals surface area contributed by atoms with E-state index in [9.17, 15) is 12.8 Å². The second-order valence-corrected chi connectivity index (χ2v) is 5.64. The van der Waals surface area contributed by atoms with E-state index in [1.165, 1.54) is 18.2 Å². The molecule has 90 valence electrons. The molecule has 1 aromatic carbocycles. The van der Waals surface area contributed by atoms with Crippen LogP contribution in [0.2, 0.25) is 0 Å². The van der Waals surface area contributed by atoms with E-state index in [0.717, 1.165) is 19.0 Å². The van der Waals surface area contributed by atoms with Gasteiger partial charge < -0.3 is 5.32 Å². The normalized spacial score (nSPS) is 11.6. The molecule has 1 rings (SSSR count). The molecule has 0 aliphatic carbocycles. The number of sulfone groups is 1. The van der Waals surface area contributed by atoms with E-state index in [-0.39, 0.29) is 10.6 Å². The van der Waals surface area contributed by atoms with Gasteiger partial charge in [0.25, 0.3) is 0 Å². The summed E-state index contributed by atoms with van der Waals surface area (Å²) in [5.74, 6) is -0.529. The molecule has 0 saturated carbocycles. The minimum Gasteiger partial charge on any atom is -0.316 e. The molecule has 0 aliphatic rings. The topological polar surface area (TPSA) is 46.2 Å². The van der Waals surface area contributed by atoms with Crippen LogP contribution >= 0.6 is 0 Å². The number of hydrogen-bond donors (Lipinski definition) is 1. The monoisotopic (exact) mass is 245 g/mol. The van der Waals surface area contributed by atoms with E-state index in [1.807, 2.05) is 6.92 Å². The maximum Gasteiger partial charge on any atom is 0.179 e. The van der Waals surface area contributed by atoms with Gasteiger partial charge in [-0.25, -0.2) is 12.8 Å². The molecule has 5 heteroatoms. The fourth-order valence-electron chi connectivity index (χ4n) is 1.29. The maximum atomic E-state index is 12.9. The minimum absolute atomic E-state index is 0.00352. The highest BCUT2D eigenvalue weighted by atomic mass is 32.2. The Bertz CT molecular complexity index is 431. The summed E-state index contributed by atoms with van der Waals surface area (Å²) in [7, 11) is -3.37. The molecule has 0 unspecified atom stereocenters. The molecule has 0 amide bonds. The van der Waals surface area contributed by atoms with Crippen molar-refractivity contribution in [3.8, 4) is 0 Å². The zero-order valence-electron chi connectivity index (χ0n) is 9.24. The maximum absolute atomic E-state index is 12.9. The summed E-state index contributed by atoms with van der Waals surface area (Å²) in [5, 5.41) is 3.00. The van der Waals surface area contributed by atoms with Gasteiger partial charge in [0.05, 0.1) is 10.6 Å². The van der Waals surface area contributed by atoms with Crippen LogP contribution in [0.3, 0.4) is 0 Å². The lowest BCUT2D eigenvalue weighted by molar-refractivity contribution is 0.586. The third-order valence-corrected chi connectivity index (χ3v) is 3.84. The fraction of sp³-hybridized carbons (Fsp3) is 0.455. The third-order valence-electron chi connectivity index (χ3n) is 2.13. The molecule has 0 fully saturated rings. The Morgan fingerprint density at radius 2 is 2.06 bits per heavy atom. The summed E-state index contributed by atoms with van der Waals surface area (Å²) in [4.78, 5) is 0.0470. The number of hydrogen-bond acceptors (Lipinski definition) is 3. The smallest absolute Gasteiger partial charge is 0.179 e. The van der Waals surface area contributed by atoms with Gasteiger partial charge in [-0.2, -0.15) is 0 Å². The Labute approximate surface area is 95.6 Å². The summed E-state index contributed by atoms with van der Waals surface area (Å²) < 4.78 is 36.3. The van der Waals surface area contributed by atoms with Gasteiger partial charge in [0.15, 0.2) is 9.84 Å². The van der Waals surface area contributed by atoms with Crippen LogP contribution < -0.4 is 5.32 Å². The van der Waals surface area contributed by atoms with Crippen molar-refractivity contribution in [1.82, 2.24) is 5.32 Å². The summed E-state index contributed by atoms with van der Waals surface area (Å²) in [6.07, 6.45) is 0.958. The molecular weight excluding hydrogens is 229 g/mol. The van der Waals surface area contributed by atoms with E-state index in [1.54, 1.807) is 0 Å². The quantitative estimate of drug-likeness (QED) is 0.774. The average Bonchev–Trinajstić information content (AvgIpc) is 2.24. The van der Waals surface area contributed by atoms with Crippen LogP contribution in [0.1, 0.15) is 13.3 Å². The lowest BCUT2D eigenvalue weighted by Crippen LogP contribution is -2.23. The van der Waals surface area contributed by atoms with E-state index in [4.69, 9.17) is 0 Å². The predicted octanol–water partition coefficient (Wildman–Crippen LogP) is 1.60. The van der Waals surface area contributed by atoms with Gasteiger partial charge in [-0.3, -0.25) is 0 Å². The fourth-order valence-corrected chi connectivity index (χ4v) is 2.51. The highest BCUT2D eigenvalue weighted by Gasteiger charge is 2.13. The molecule has 0 spiro atoms. The Hall–Kier alpha value is -0.940. The van der Waals surface area contributed by atoms with Crippen LogP contribution in [-0.2, 0) is 9.84 Å². The van der Waals surface area contributed by atoms with E-state index < -0.39 is 15.7 Å². The Balaban J connectivity index is 2.64. The lowest BCUT2D eigenvalue weighted by atomic mass is 10.4. The van der Waals surface area contributed by atoms with Crippen molar-refractivity contribution >= 4 is 9.84 Å². The molecule has 3 nitrogen and oxygen atoms in total. The van der Waals surface area contributed by atoms with Gasteiger partial charge in [0.1, 0.15) is 5.82 Å². The molecular formula is C11H16FNO2S. The van der Waals surface area contributed by atoms with Crippen LogP contribution in [-0.4, -0.2) is 27.3 Å². The molecule has 0 aliphatic heterocycles. The number of nitrogens with one attached hydrogen (secondary N) is 1. The van der Waals surface area contributed by atoms with Crippen LogP contribution in [0.5, 0.6) is 0 Å². The molecule has 0 atom stereocenters. The highest BCUT2D eigenvalue weighted by Crippen LogP contribution is 2.11. The van der Waals surface area contributed by atoms with E-state index in [2.05, 4.69) is 5.32 Å². The summed E-state index contributed by atoms with van der Waals surface area (Å²) in [6.45, 7) is 3.19. The molecule has 0 bridgehead atoms. The predicted molar refractivity (Wildman–Crippen MR) is 61.6 cm³/mol. The van der Waals surface area contributed by atoms with Gasteiger partial charge in [-0.15, -0.1) is 0 Å². The second kappa shape index (κ2) is 5.96.